The molecular weight excluding hydrogens is 306 g/mol. The highest BCUT2D eigenvalue weighted by Crippen LogP contribution is 2.27. The summed E-state index contributed by atoms with van der Waals surface area (Å²) in [6.45, 7) is 9.53. The molecule has 1 saturated heterocycles. The summed E-state index contributed by atoms with van der Waals surface area (Å²) >= 11 is 1.81. The Bertz CT molecular complexity index is 619. The maximum atomic E-state index is 4.56. The zero-order valence-corrected chi connectivity index (χ0v) is 14.9. The number of rotatable bonds is 4. The molecule has 0 amide bonds. The zero-order chi connectivity index (χ0) is 16.3. The number of anilines is 1. The van der Waals surface area contributed by atoms with Gasteiger partial charge >= 0.3 is 0 Å². The van der Waals surface area contributed by atoms with Crippen molar-refractivity contribution in [2.75, 3.05) is 18.0 Å². The minimum absolute atomic E-state index is 0.134. The number of hydrogen-bond acceptors (Lipinski definition) is 6. The summed E-state index contributed by atoms with van der Waals surface area (Å²) in [6, 6.07) is 2.34. The normalized spacial score (nSPS) is 19.1. The van der Waals surface area contributed by atoms with Gasteiger partial charge in [-0.15, -0.1) is 11.3 Å². The van der Waals surface area contributed by atoms with Crippen LogP contribution in [0.4, 0.5) is 5.95 Å². The predicted octanol–water partition coefficient (Wildman–Crippen LogP) is 2.99. The Labute approximate surface area is 142 Å². The number of nitrogens with zero attached hydrogens (tertiary/aromatic N) is 4. The maximum Gasteiger partial charge on any atom is 0.225 e. The molecule has 3 heterocycles. The Morgan fingerprint density at radius 3 is 2.74 bits per heavy atom. The largest absolute Gasteiger partial charge is 0.339 e. The van der Waals surface area contributed by atoms with E-state index in [0.29, 0.717) is 6.04 Å². The molecule has 1 atom stereocenters. The average molecular weight is 331 g/mol. The summed E-state index contributed by atoms with van der Waals surface area (Å²) < 4.78 is 0. The van der Waals surface area contributed by atoms with E-state index >= 15 is 0 Å². The summed E-state index contributed by atoms with van der Waals surface area (Å²) in [6.07, 6.45) is 8.01. The van der Waals surface area contributed by atoms with E-state index in [0.717, 1.165) is 25.6 Å². The van der Waals surface area contributed by atoms with Gasteiger partial charge < -0.3 is 10.2 Å². The minimum atomic E-state index is 0.134. The molecule has 3 rings (SSSR count). The van der Waals surface area contributed by atoms with E-state index in [9.17, 15) is 0 Å². The third kappa shape index (κ3) is 4.26. The number of aromatic nitrogens is 3. The lowest BCUT2D eigenvalue weighted by atomic mass is 9.98. The van der Waals surface area contributed by atoms with Crippen LogP contribution in [-0.4, -0.2) is 34.1 Å². The monoisotopic (exact) mass is 331 g/mol. The molecule has 1 aliphatic rings. The summed E-state index contributed by atoms with van der Waals surface area (Å²) in [4.78, 5) is 16.9. The van der Waals surface area contributed by atoms with Gasteiger partial charge in [0.05, 0.1) is 5.01 Å². The van der Waals surface area contributed by atoms with Gasteiger partial charge in [-0.2, -0.15) is 0 Å². The smallest absolute Gasteiger partial charge is 0.225 e. The van der Waals surface area contributed by atoms with E-state index in [4.69, 9.17) is 0 Å². The number of piperidine rings is 1. The molecule has 0 aromatic carbocycles. The molecule has 0 aliphatic carbocycles. The van der Waals surface area contributed by atoms with Gasteiger partial charge in [0, 0.05) is 54.6 Å². The Morgan fingerprint density at radius 2 is 2.04 bits per heavy atom. The molecule has 0 spiro atoms. The highest BCUT2D eigenvalue weighted by molar-refractivity contribution is 7.11. The van der Waals surface area contributed by atoms with E-state index in [1.54, 1.807) is 0 Å². The predicted molar refractivity (Wildman–Crippen MR) is 94.9 cm³/mol. The standard InChI is InChI=1S/C17H25N5S/c1-17(2,3)15-21-11-14(23-15)10-20-13-6-4-9-22(12-13)16-18-7-5-8-19-16/h5,7-8,11,13,20H,4,6,9-10,12H2,1-3H3/t13-/m1/s1. The molecule has 5 nitrogen and oxygen atoms in total. The average Bonchev–Trinajstić information content (AvgIpc) is 3.03. The number of thiazole rings is 1. The first-order chi connectivity index (χ1) is 11.0. The van der Waals surface area contributed by atoms with Crippen LogP contribution in [0.1, 0.15) is 43.5 Å². The van der Waals surface area contributed by atoms with Gasteiger partial charge in [0.1, 0.15) is 0 Å². The van der Waals surface area contributed by atoms with Crippen molar-refractivity contribution in [3.05, 3.63) is 34.5 Å². The van der Waals surface area contributed by atoms with Crippen LogP contribution in [0.15, 0.2) is 24.7 Å². The van der Waals surface area contributed by atoms with Crippen molar-refractivity contribution in [3.63, 3.8) is 0 Å². The summed E-state index contributed by atoms with van der Waals surface area (Å²) in [7, 11) is 0. The highest BCUT2D eigenvalue weighted by Gasteiger charge is 2.22. The second kappa shape index (κ2) is 6.93. The van der Waals surface area contributed by atoms with Crippen LogP contribution in [-0.2, 0) is 12.0 Å². The molecule has 1 fully saturated rings. The van der Waals surface area contributed by atoms with Gasteiger partial charge in [0.15, 0.2) is 0 Å². The molecular formula is C17H25N5S. The molecule has 6 heteroatoms. The quantitative estimate of drug-likeness (QED) is 0.933. The number of hydrogen-bond donors (Lipinski definition) is 1. The molecule has 124 valence electrons. The van der Waals surface area contributed by atoms with Gasteiger partial charge in [-0.3, -0.25) is 0 Å². The van der Waals surface area contributed by atoms with E-state index in [1.807, 2.05) is 36.0 Å². The second-order valence-corrected chi connectivity index (χ2v) is 8.21. The van der Waals surface area contributed by atoms with Gasteiger partial charge in [-0.05, 0) is 18.9 Å². The fraction of sp³-hybridized carbons (Fsp3) is 0.588. The summed E-state index contributed by atoms with van der Waals surface area (Å²) in [5, 5.41) is 4.88. The molecule has 0 unspecified atom stereocenters. The first kappa shape index (κ1) is 16.3. The molecule has 23 heavy (non-hydrogen) atoms. The Balaban J connectivity index is 1.55. The number of nitrogens with one attached hydrogen (secondary N) is 1. The van der Waals surface area contributed by atoms with Crippen LogP contribution in [0.25, 0.3) is 0 Å². The fourth-order valence-corrected chi connectivity index (χ4v) is 3.68. The van der Waals surface area contributed by atoms with E-state index in [1.165, 1.54) is 22.7 Å². The van der Waals surface area contributed by atoms with Gasteiger partial charge in [0.2, 0.25) is 5.95 Å². The lowest BCUT2D eigenvalue weighted by Gasteiger charge is -2.33. The molecule has 1 aliphatic heterocycles. The molecule has 0 saturated carbocycles. The first-order valence-electron chi connectivity index (χ1n) is 8.23. The van der Waals surface area contributed by atoms with Crippen molar-refractivity contribution in [1.29, 1.82) is 0 Å². The van der Waals surface area contributed by atoms with Crippen molar-refractivity contribution < 1.29 is 0 Å². The SMILES string of the molecule is CC(C)(C)c1ncc(CN[C@@H]2CCCN(c3ncccn3)C2)s1. The van der Waals surface area contributed by atoms with Gasteiger partial charge in [-0.1, -0.05) is 20.8 Å². The van der Waals surface area contributed by atoms with Crippen LogP contribution in [0.5, 0.6) is 0 Å². The molecule has 0 radical (unpaired) electrons. The van der Waals surface area contributed by atoms with E-state index in [-0.39, 0.29) is 5.41 Å². The minimum Gasteiger partial charge on any atom is -0.339 e. The molecule has 2 aromatic heterocycles. The van der Waals surface area contributed by atoms with E-state index < -0.39 is 0 Å². The molecule has 2 aromatic rings. The van der Waals surface area contributed by atoms with Crippen molar-refractivity contribution in [3.8, 4) is 0 Å². The van der Waals surface area contributed by atoms with Crippen molar-refractivity contribution in [2.45, 2.75) is 51.6 Å². The van der Waals surface area contributed by atoms with Crippen molar-refractivity contribution >= 4 is 17.3 Å². The summed E-state index contributed by atoms with van der Waals surface area (Å²) in [5.41, 5.74) is 0.134. The van der Waals surface area contributed by atoms with Crippen LogP contribution in [0, 0.1) is 0 Å². The fourth-order valence-electron chi connectivity index (χ4n) is 2.76. The van der Waals surface area contributed by atoms with E-state index in [2.05, 4.69) is 45.9 Å². The third-order valence-electron chi connectivity index (χ3n) is 4.02. The Morgan fingerprint density at radius 1 is 1.26 bits per heavy atom. The van der Waals surface area contributed by atoms with Gasteiger partial charge in [-0.25, -0.2) is 15.0 Å². The first-order valence-corrected chi connectivity index (χ1v) is 9.04. The van der Waals surface area contributed by atoms with Crippen LogP contribution < -0.4 is 10.2 Å². The Hall–Kier alpha value is -1.53. The maximum absolute atomic E-state index is 4.56. The molecule has 0 bridgehead atoms. The lowest BCUT2D eigenvalue weighted by molar-refractivity contribution is 0.419. The Kier molecular flexibility index (Phi) is 4.92. The van der Waals surface area contributed by atoms with Crippen LogP contribution >= 0.6 is 11.3 Å². The molecule has 1 N–H and O–H groups in total. The summed E-state index contributed by atoms with van der Waals surface area (Å²) in [5.74, 6) is 0.840. The van der Waals surface area contributed by atoms with Gasteiger partial charge in [0.25, 0.3) is 0 Å². The third-order valence-corrected chi connectivity index (χ3v) is 5.44. The second-order valence-electron chi connectivity index (χ2n) is 7.10. The van der Waals surface area contributed by atoms with Crippen molar-refractivity contribution in [2.24, 2.45) is 0 Å². The van der Waals surface area contributed by atoms with Crippen molar-refractivity contribution in [1.82, 2.24) is 20.3 Å². The highest BCUT2D eigenvalue weighted by atomic mass is 32.1. The van der Waals surface area contributed by atoms with Crippen LogP contribution in [0.2, 0.25) is 0 Å². The lowest BCUT2D eigenvalue weighted by Crippen LogP contribution is -2.46. The van der Waals surface area contributed by atoms with Crippen LogP contribution in [0.3, 0.4) is 0 Å². The topological polar surface area (TPSA) is 53.9 Å². The zero-order valence-electron chi connectivity index (χ0n) is 14.1.